The van der Waals surface area contributed by atoms with Crippen LogP contribution in [0.15, 0.2) is 18.2 Å². The van der Waals surface area contributed by atoms with Crippen LogP contribution in [-0.2, 0) is 10.2 Å². The van der Waals surface area contributed by atoms with E-state index in [0.29, 0.717) is 37.4 Å². The van der Waals surface area contributed by atoms with Crippen molar-refractivity contribution in [3.05, 3.63) is 23.8 Å². The van der Waals surface area contributed by atoms with Gasteiger partial charge in [-0.15, -0.1) is 12.4 Å². The standard InChI is InChI=1S/C21H29N3O4.ClH/c1-15(20(25)23-26)24-11-9-21(14-22,10-12-24)16-7-8-18(27-2)19(13-16)28-17-5-3-4-6-17;/h7-8,13,15,17,26H,3-6,9-12H2,1-2H3,(H,23,25);1H. The van der Waals surface area contributed by atoms with Crippen LogP contribution in [0.25, 0.3) is 0 Å². The predicted octanol–water partition coefficient (Wildman–Crippen LogP) is 3.19. The summed E-state index contributed by atoms with van der Waals surface area (Å²) in [5.74, 6) is 0.965. The second kappa shape index (κ2) is 10.1. The molecule has 1 atom stereocenters. The number of carbonyl (C=O) groups is 1. The van der Waals surface area contributed by atoms with Crippen molar-refractivity contribution < 1.29 is 19.5 Å². The molecule has 0 spiro atoms. The topological polar surface area (TPSA) is 94.8 Å². The van der Waals surface area contributed by atoms with Crippen LogP contribution in [0, 0.1) is 11.3 Å². The number of hydrogen-bond acceptors (Lipinski definition) is 6. The number of likely N-dealkylation sites (tertiary alicyclic amines) is 1. The van der Waals surface area contributed by atoms with Gasteiger partial charge >= 0.3 is 0 Å². The lowest BCUT2D eigenvalue weighted by Gasteiger charge is -2.39. The van der Waals surface area contributed by atoms with Gasteiger partial charge in [-0.2, -0.15) is 5.26 Å². The van der Waals surface area contributed by atoms with Gasteiger partial charge in [0.2, 0.25) is 0 Å². The lowest BCUT2D eigenvalue weighted by atomic mass is 9.73. The third-order valence-corrected chi connectivity index (χ3v) is 6.22. The molecule has 160 valence electrons. The first kappa shape index (κ1) is 23.3. The van der Waals surface area contributed by atoms with E-state index in [9.17, 15) is 10.1 Å². The minimum absolute atomic E-state index is 0. The number of ether oxygens (including phenoxy) is 2. The highest BCUT2D eigenvalue weighted by molar-refractivity contribution is 5.85. The quantitative estimate of drug-likeness (QED) is 0.539. The summed E-state index contributed by atoms with van der Waals surface area (Å²) in [6, 6.07) is 7.88. The molecule has 1 saturated heterocycles. The Balaban J connectivity index is 0.00000300. The van der Waals surface area contributed by atoms with Crippen molar-refractivity contribution in [3.63, 3.8) is 0 Å². The van der Waals surface area contributed by atoms with E-state index in [1.807, 2.05) is 23.1 Å². The van der Waals surface area contributed by atoms with Crippen molar-refractivity contribution >= 4 is 18.3 Å². The highest BCUT2D eigenvalue weighted by Crippen LogP contribution is 2.40. The monoisotopic (exact) mass is 423 g/mol. The fraction of sp³-hybridized carbons (Fsp3) is 0.619. The minimum atomic E-state index is -0.619. The summed E-state index contributed by atoms with van der Waals surface area (Å²) in [5.41, 5.74) is 2.02. The van der Waals surface area contributed by atoms with E-state index in [1.54, 1.807) is 19.5 Å². The van der Waals surface area contributed by atoms with E-state index in [0.717, 1.165) is 18.4 Å². The highest BCUT2D eigenvalue weighted by atomic mass is 35.5. The maximum Gasteiger partial charge on any atom is 0.260 e. The largest absolute Gasteiger partial charge is 0.493 e. The van der Waals surface area contributed by atoms with E-state index < -0.39 is 17.4 Å². The zero-order chi connectivity index (χ0) is 20.1. The lowest BCUT2D eigenvalue weighted by molar-refractivity contribution is -0.134. The fourth-order valence-corrected chi connectivity index (χ4v) is 4.27. The Kier molecular flexibility index (Phi) is 8.14. The first-order valence-corrected chi connectivity index (χ1v) is 9.97. The highest BCUT2D eigenvalue weighted by Gasteiger charge is 2.39. The van der Waals surface area contributed by atoms with Gasteiger partial charge in [-0.05, 0) is 63.1 Å². The van der Waals surface area contributed by atoms with Crippen molar-refractivity contribution in [2.24, 2.45) is 0 Å². The van der Waals surface area contributed by atoms with Crippen LogP contribution >= 0.6 is 12.4 Å². The van der Waals surface area contributed by atoms with Crippen molar-refractivity contribution in [2.75, 3.05) is 20.2 Å². The molecule has 0 bridgehead atoms. The third kappa shape index (κ3) is 4.95. The first-order valence-electron chi connectivity index (χ1n) is 9.97. The molecular formula is C21H30ClN3O4. The maximum absolute atomic E-state index is 11.7. The molecule has 8 heteroatoms. The zero-order valence-corrected chi connectivity index (χ0v) is 17.8. The second-order valence-electron chi connectivity index (χ2n) is 7.77. The van der Waals surface area contributed by atoms with Gasteiger partial charge in [-0.1, -0.05) is 6.07 Å². The molecule has 1 aliphatic heterocycles. The summed E-state index contributed by atoms with van der Waals surface area (Å²) in [7, 11) is 1.63. The number of methoxy groups -OCH3 is 1. The summed E-state index contributed by atoms with van der Waals surface area (Å²) in [6.07, 6.45) is 5.91. The number of hydroxylamine groups is 1. The number of nitrogens with one attached hydrogen (secondary N) is 1. The van der Waals surface area contributed by atoms with Crippen molar-refractivity contribution in [1.82, 2.24) is 10.4 Å². The number of benzene rings is 1. The number of nitriles is 1. The molecule has 1 saturated carbocycles. The molecule has 7 nitrogen and oxygen atoms in total. The molecule has 1 aromatic rings. The van der Waals surface area contributed by atoms with Crippen LogP contribution in [-0.4, -0.2) is 48.4 Å². The number of nitrogens with zero attached hydrogens (tertiary/aromatic N) is 2. The van der Waals surface area contributed by atoms with Crippen LogP contribution in [0.4, 0.5) is 0 Å². The van der Waals surface area contributed by atoms with Gasteiger partial charge in [0.25, 0.3) is 5.91 Å². The molecule has 2 aliphatic rings. The number of piperidine rings is 1. The molecule has 1 amide bonds. The van der Waals surface area contributed by atoms with E-state index in [1.165, 1.54) is 12.8 Å². The minimum Gasteiger partial charge on any atom is -0.493 e. The van der Waals surface area contributed by atoms with Crippen LogP contribution in [0.3, 0.4) is 0 Å². The van der Waals surface area contributed by atoms with E-state index in [4.69, 9.17) is 14.7 Å². The Hall–Kier alpha value is -2.01. The average molecular weight is 424 g/mol. The van der Waals surface area contributed by atoms with Gasteiger partial charge in [0.15, 0.2) is 11.5 Å². The molecular weight excluding hydrogens is 394 g/mol. The predicted molar refractivity (Wildman–Crippen MR) is 111 cm³/mol. The number of amides is 1. The zero-order valence-electron chi connectivity index (χ0n) is 17.0. The van der Waals surface area contributed by atoms with Gasteiger partial charge < -0.3 is 9.47 Å². The molecule has 3 rings (SSSR count). The molecule has 2 fully saturated rings. The van der Waals surface area contributed by atoms with Gasteiger partial charge in [0, 0.05) is 13.1 Å². The van der Waals surface area contributed by atoms with Gasteiger partial charge in [0.1, 0.15) is 0 Å². The number of hydrogen-bond donors (Lipinski definition) is 2. The van der Waals surface area contributed by atoms with Crippen molar-refractivity contribution in [1.29, 1.82) is 5.26 Å². The molecule has 0 aromatic heterocycles. The SMILES string of the molecule is COc1ccc(C2(C#N)CCN(C(C)C(=O)NO)CC2)cc1OC1CCCC1.Cl. The Morgan fingerprint density at radius 2 is 1.97 bits per heavy atom. The second-order valence-corrected chi connectivity index (χ2v) is 7.77. The maximum atomic E-state index is 11.7. The number of halogens is 1. The van der Waals surface area contributed by atoms with Crippen LogP contribution < -0.4 is 15.0 Å². The lowest BCUT2D eigenvalue weighted by Crippen LogP contribution is -2.50. The average Bonchev–Trinajstić information content (AvgIpc) is 3.25. The summed E-state index contributed by atoms with van der Waals surface area (Å²) < 4.78 is 11.7. The van der Waals surface area contributed by atoms with Crippen molar-refractivity contribution in [2.45, 2.75) is 63.0 Å². The molecule has 0 radical (unpaired) electrons. The van der Waals surface area contributed by atoms with Gasteiger partial charge in [-0.25, -0.2) is 5.48 Å². The van der Waals surface area contributed by atoms with Crippen LogP contribution in [0.5, 0.6) is 11.5 Å². The van der Waals surface area contributed by atoms with Crippen LogP contribution in [0.1, 0.15) is 51.0 Å². The summed E-state index contributed by atoms with van der Waals surface area (Å²) in [4.78, 5) is 13.7. The molecule has 1 aliphatic carbocycles. The van der Waals surface area contributed by atoms with E-state index in [-0.39, 0.29) is 18.5 Å². The number of rotatable bonds is 6. The molecule has 1 aromatic carbocycles. The Morgan fingerprint density at radius 3 is 2.52 bits per heavy atom. The summed E-state index contributed by atoms with van der Waals surface area (Å²) >= 11 is 0. The normalized spacial score (nSPS) is 20.2. The fourth-order valence-electron chi connectivity index (χ4n) is 4.27. The molecule has 2 N–H and O–H groups in total. The van der Waals surface area contributed by atoms with E-state index >= 15 is 0 Å². The Labute approximate surface area is 178 Å². The summed E-state index contributed by atoms with van der Waals surface area (Å²) in [6.45, 7) is 2.96. The van der Waals surface area contributed by atoms with Gasteiger partial charge in [0.05, 0.1) is 30.7 Å². The van der Waals surface area contributed by atoms with Crippen LogP contribution in [0.2, 0.25) is 0 Å². The van der Waals surface area contributed by atoms with E-state index in [2.05, 4.69) is 6.07 Å². The summed E-state index contributed by atoms with van der Waals surface area (Å²) in [5, 5.41) is 18.9. The molecule has 29 heavy (non-hydrogen) atoms. The Bertz CT molecular complexity index is 738. The Morgan fingerprint density at radius 1 is 1.31 bits per heavy atom. The smallest absolute Gasteiger partial charge is 0.260 e. The third-order valence-electron chi connectivity index (χ3n) is 6.22. The van der Waals surface area contributed by atoms with Gasteiger partial charge in [-0.3, -0.25) is 14.9 Å². The first-order chi connectivity index (χ1) is 13.5. The van der Waals surface area contributed by atoms with Crippen molar-refractivity contribution in [3.8, 4) is 17.6 Å². The molecule has 1 unspecified atom stereocenters. The molecule has 1 heterocycles. The number of carbonyl (C=O) groups excluding carboxylic acids is 1.